The monoisotopic (exact) mass is 379 g/mol. The second-order valence-electron chi connectivity index (χ2n) is 6.61. The van der Waals surface area contributed by atoms with Gasteiger partial charge in [-0.15, -0.1) is 5.10 Å². The third kappa shape index (κ3) is 3.62. The number of rotatable bonds is 5. The molecule has 0 saturated carbocycles. The highest BCUT2D eigenvalue weighted by molar-refractivity contribution is 6.05. The molecule has 0 aliphatic rings. The van der Waals surface area contributed by atoms with Crippen molar-refractivity contribution in [1.29, 1.82) is 0 Å². The first-order chi connectivity index (χ1) is 13.3. The number of carbonyl (C=O) groups is 1. The van der Waals surface area contributed by atoms with E-state index in [1.165, 1.54) is 16.8 Å². The van der Waals surface area contributed by atoms with E-state index >= 15 is 0 Å². The van der Waals surface area contributed by atoms with Crippen LogP contribution in [-0.2, 0) is 0 Å². The summed E-state index contributed by atoms with van der Waals surface area (Å²) in [6.07, 6.45) is 0. The first kappa shape index (κ1) is 19.2. The Labute approximate surface area is 162 Å². The molecule has 144 valence electrons. The Balaban J connectivity index is 1.99. The molecular weight excluding hydrogens is 358 g/mol. The van der Waals surface area contributed by atoms with Crippen molar-refractivity contribution in [1.82, 2.24) is 15.0 Å². The Bertz CT molecular complexity index is 1040. The van der Waals surface area contributed by atoms with Crippen LogP contribution < -0.4 is 4.90 Å². The van der Waals surface area contributed by atoms with Gasteiger partial charge in [0.15, 0.2) is 5.69 Å². The largest absolute Gasteiger partial charge is 0.307 e. The quantitative estimate of drug-likeness (QED) is 0.497. The fraction of sp³-hybridized carbons (Fsp3) is 0.250. The van der Waals surface area contributed by atoms with E-state index < -0.39 is 4.92 Å². The lowest BCUT2D eigenvalue weighted by atomic mass is 10.1. The van der Waals surface area contributed by atoms with Crippen LogP contribution in [0, 0.1) is 30.9 Å². The molecule has 1 amide bonds. The predicted molar refractivity (Wildman–Crippen MR) is 106 cm³/mol. The number of benzene rings is 2. The summed E-state index contributed by atoms with van der Waals surface area (Å²) in [6, 6.07) is 12.0. The Morgan fingerprint density at radius 3 is 2.43 bits per heavy atom. The van der Waals surface area contributed by atoms with Gasteiger partial charge in [-0.05, 0) is 57.0 Å². The maximum absolute atomic E-state index is 13.1. The van der Waals surface area contributed by atoms with Crippen LogP contribution in [0.1, 0.15) is 34.2 Å². The van der Waals surface area contributed by atoms with Crippen molar-refractivity contribution < 1.29 is 9.72 Å². The molecule has 3 aromatic rings. The smallest absolute Gasteiger partial charge is 0.280 e. The summed E-state index contributed by atoms with van der Waals surface area (Å²) < 4.78 is 1.44. The summed E-state index contributed by atoms with van der Waals surface area (Å²) >= 11 is 0. The van der Waals surface area contributed by atoms with Crippen LogP contribution >= 0.6 is 0 Å². The van der Waals surface area contributed by atoms with Gasteiger partial charge in [0.25, 0.3) is 11.6 Å². The number of nitrogens with zero attached hydrogens (tertiary/aromatic N) is 5. The highest BCUT2D eigenvalue weighted by atomic mass is 16.6. The highest BCUT2D eigenvalue weighted by Crippen LogP contribution is 2.23. The predicted octanol–water partition coefficient (Wildman–Crippen LogP) is 3.77. The molecule has 0 bridgehead atoms. The van der Waals surface area contributed by atoms with E-state index in [0.717, 1.165) is 16.8 Å². The van der Waals surface area contributed by atoms with Gasteiger partial charge < -0.3 is 4.90 Å². The summed E-state index contributed by atoms with van der Waals surface area (Å²) in [6.45, 7) is 8.07. The summed E-state index contributed by atoms with van der Waals surface area (Å²) in [7, 11) is 0. The first-order valence-corrected chi connectivity index (χ1v) is 8.89. The molecule has 2 aromatic carbocycles. The maximum Gasteiger partial charge on any atom is 0.280 e. The Morgan fingerprint density at radius 1 is 1.14 bits per heavy atom. The molecule has 1 aromatic heterocycles. The fourth-order valence-electron chi connectivity index (χ4n) is 3.19. The molecule has 0 fully saturated rings. The zero-order valence-corrected chi connectivity index (χ0v) is 16.2. The molecule has 0 saturated heterocycles. The van der Waals surface area contributed by atoms with Crippen molar-refractivity contribution in [2.75, 3.05) is 11.4 Å². The SMILES string of the molecule is CCN(C(=O)c1nnn(-c2cccc([N+](=O)[O-])c2)c1C)c1cc(C)cc(C)c1. The van der Waals surface area contributed by atoms with Crippen LogP contribution in [0.4, 0.5) is 11.4 Å². The van der Waals surface area contributed by atoms with Crippen LogP contribution in [0.15, 0.2) is 42.5 Å². The van der Waals surface area contributed by atoms with Gasteiger partial charge in [-0.1, -0.05) is 17.3 Å². The van der Waals surface area contributed by atoms with E-state index in [0.29, 0.717) is 17.9 Å². The van der Waals surface area contributed by atoms with Crippen molar-refractivity contribution >= 4 is 17.3 Å². The summed E-state index contributed by atoms with van der Waals surface area (Å²) in [5, 5.41) is 19.1. The van der Waals surface area contributed by atoms with Crippen LogP contribution in [0.25, 0.3) is 5.69 Å². The average Bonchev–Trinajstić information content (AvgIpc) is 3.03. The standard InChI is InChI=1S/C20H21N5O3/c1-5-23(18-10-13(2)9-14(3)11-18)20(26)19-15(4)24(22-21-19)16-7-6-8-17(12-16)25(27)28/h6-12H,5H2,1-4H3. The Morgan fingerprint density at radius 2 is 1.82 bits per heavy atom. The van der Waals surface area contributed by atoms with Crippen molar-refractivity contribution in [3.63, 3.8) is 0 Å². The van der Waals surface area contributed by atoms with Crippen LogP contribution in [-0.4, -0.2) is 32.4 Å². The van der Waals surface area contributed by atoms with Gasteiger partial charge in [0.1, 0.15) is 0 Å². The maximum atomic E-state index is 13.1. The third-order valence-corrected chi connectivity index (χ3v) is 4.46. The van der Waals surface area contributed by atoms with Gasteiger partial charge in [-0.25, -0.2) is 4.68 Å². The molecule has 8 nitrogen and oxygen atoms in total. The topological polar surface area (TPSA) is 94.2 Å². The lowest BCUT2D eigenvalue weighted by molar-refractivity contribution is -0.384. The number of hydrogen-bond donors (Lipinski definition) is 0. The third-order valence-electron chi connectivity index (χ3n) is 4.46. The van der Waals surface area contributed by atoms with Crippen LogP contribution in [0.2, 0.25) is 0 Å². The van der Waals surface area contributed by atoms with Gasteiger partial charge in [0.05, 0.1) is 16.3 Å². The summed E-state index contributed by atoms with van der Waals surface area (Å²) in [5.41, 5.74) is 4.10. The molecule has 0 spiro atoms. The van der Waals surface area contributed by atoms with Gasteiger partial charge >= 0.3 is 0 Å². The second kappa shape index (κ2) is 7.59. The molecule has 1 heterocycles. The first-order valence-electron chi connectivity index (χ1n) is 8.89. The fourth-order valence-corrected chi connectivity index (χ4v) is 3.19. The van der Waals surface area contributed by atoms with E-state index in [1.54, 1.807) is 24.0 Å². The minimum Gasteiger partial charge on any atom is -0.307 e. The van der Waals surface area contributed by atoms with E-state index in [-0.39, 0.29) is 17.3 Å². The minimum absolute atomic E-state index is 0.0503. The van der Waals surface area contributed by atoms with Crippen LogP contribution in [0.5, 0.6) is 0 Å². The number of anilines is 1. The number of aromatic nitrogens is 3. The van der Waals surface area contributed by atoms with E-state index in [4.69, 9.17) is 0 Å². The molecule has 8 heteroatoms. The Hall–Kier alpha value is -3.55. The number of aryl methyl sites for hydroxylation is 2. The minimum atomic E-state index is -0.472. The van der Waals surface area contributed by atoms with Gasteiger partial charge in [-0.2, -0.15) is 0 Å². The van der Waals surface area contributed by atoms with E-state index in [1.807, 2.05) is 39.0 Å². The number of nitro groups is 1. The second-order valence-corrected chi connectivity index (χ2v) is 6.61. The molecule has 28 heavy (non-hydrogen) atoms. The molecule has 3 rings (SSSR count). The summed E-state index contributed by atoms with van der Waals surface area (Å²) in [4.78, 5) is 25.3. The van der Waals surface area contributed by atoms with Gasteiger partial charge in [0.2, 0.25) is 0 Å². The average molecular weight is 379 g/mol. The molecular formula is C20H21N5O3. The van der Waals surface area contributed by atoms with Crippen molar-refractivity contribution in [3.8, 4) is 5.69 Å². The van der Waals surface area contributed by atoms with Crippen LogP contribution in [0.3, 0.4) is 0 Å². The van der Waals surface area contributed by atoms with Crippen molar-refractivity contribution in [3.05, 3.63) is 75.1 Å². The van der Waals surface area contributed by atoms with E-state index in [2.05, 4.69) is 10.3 Å². The van der Waals surface area contributed by atoms with Gasteiger partial charge in [0, 0.05) is 24.4 Å². The zero-order valence-electron chi connectivity index (χ0n) is 16.2. The number of carbonyl (C=O) groups excluding carboxylic acids is 1. The lowest BCUT2D eigenvalue weighted by Crippen LogP contribution is -2.31. The molecule has 0 aliphatic heterocycles. The number of hydrogen-bond acceptors (Lipinski definition) is 5. The lowest BCUT2D eigenvalue weighted by Gasteiger charge is -2.21. The molecule has 0 N–H and O–H groups in total. The molecule has 0 aliphatic carbocycles. The number of non-ortho nitro benzene ring substituents is 1. The highest BCUT2D eigenvalue weighted by Gasteiger charge is 2.24. The van der Waals surface area contributed by atoms with Crippen molar-refractivity contribution in [2.24, 2.45) is 0 Å². The normalized spacial score (nSPS) is 10.7. The molecule has 0 radical (unpaired) electrons. The summed E-state index contributed by atoms with van der Waals surface area (Å²) in [5.74, 6) is -0.262. The number of nitro benzene ring substituents is 1. The molecule has 0 unspecified atom stereocenters. The molecule has 0 atom stereocenters. The van der Waals surface area contributed by atoms with Crippen molar-refractivity contribution in [2.45, 2.75) is 27.7 Å². The van der Waals surface area contributed by atoms with Gasteiger partial charge in [-0.3, -0.25) is 14.9 Å². The zero-order chi connectivity index (χ0) is 20.4. The number of amides is 1. The van der Waals surface area contributed by atoms with E-state index in [9.17, 15) is 14.9 Å². The Kier molecular flexibility index (Phi) is 5.21.